The molecular formula is C29H63N5Y-2. The average Bonchev–Trinajstić information content (AvgIpc) is 2.73. The molecule has 0 aromatic rings. The summed E-state index contributed by atoms with van der Waals surface area (Å²) in [6.45, 7) is 32.6. The Morgan fingerprint density at radius 3 is 1.20 bits per heavy atom. The molecule has 3 aliphatic heterocycles. The third-order valence-electron chi connectivity index (χ3n) is 7.37. The smallest absolute Gasteiger partial charge is 0.0112 e. The first kappa shape index (κ1) is 38.1. The van der Waals surface area contributed by atoms with E-state index in [0.717, 1.165) is 30.0 Å². The summed E-state index contributed by atoms with van der Waals surface area (Å²) < 4.78 is 0. The Kier molecular flexibility index (Phi) is 22.6. The minimum Gasteiger partial charge on any atom is -0.608 e. The average molecular weight is 571 g/mol. The van der Waals surface area contributed by atoms with E-state index in [9.17, 15) is 0 Å². The number of hydrogen-bond donors (Lipinski definition) is 0. The van der Waals surface area contributed by atoms with Gasteiger partial charge in [-0.3, -0.25) is 4.90 Å². The fraction of sp³-hybridized carbons (Fsp3) is 0.931. The Hall–Kier alpha value is 0.904. The van der Waals surface area contributed by atoms with Gasteiger partial charge in [-0.05, 0) is 92.4 Å². The number of likely N-dealkylation sites (N-methyl/N-ethyl adjacent to an activating group) is 1. The van der Waals surface area contributed by atoms with Gasteiger partial charge >= 0.3 is 0 Å². The summed E-state index contributed by atoms with van der Waals surface area (Å²) in [6, 6.07) is 2.72. The molecule has 35 heavy (non-hydrogen) atoms. The largest absolute Gasteiger partial charge is 0.608 e. The Morgan fingerprint density at radius 1 is 0.600 bits per heavy atom. The van der Waals surface area contributed by atoms with Crippen LogP contribution in [0, 0.1) is 25.9 Å². The summed E-state index contributed by atoms with van der Waals surface area (Å²) in [7, 11) is 9.31. The summed E-state index contributed by atoms with van der Waals surface area (Å²) >= 11 is 0. The van der Waals surface area contributed by atoms with Gasteiger partial charge in [0, 0.05) is 90.1 Å². The molecule has 0 aliphatic carbocycles. The molecule has 0 spiro atoms. The van der Waals surface area contributed by atoms with Crippen molar-refractivity contribution in [2.45, 2.75) is 106 Å². The van der Waals surface area contributed by atoms with E-state index >= 15 is 0 Å². The van der Waals surface area contributed by atoms with Crippen LogP contribution in [0.4, 0.5) is 0 Å². The van der Waals surface area contributed by atoms with E-state index in [2.05, 4.69) is 96.1 Å². The Bertz CT molecular complexity index is 430. The van der Waals surface area contributed by atoms with Crippen molar-refractivity contribution in [3.05, 3.63) is 14.1 Å². The van der Waals surface area contributed by atoms with Crippen molar-refractivity contribution in [1.82, 2.24) is 24.5 Å². The van der Waals surface area contributed by atoms with Crippen LogP contribution >= 0.6 is 0 Å². The molecule has 5 nitrogen and oxygen atoms in total. The van der Waals surface area contributed by atoms with Crippen LogP contribution in [0.5, 0.6) is 0 Å². The fourth-order valence-electron chi connectivity index (χ4n) is 4.05. The third kappa shape index (κ3) is 18.7. The molecule has 3 heterocycles. The molecule has 0 aromatic carbocycles. The zero-order valence-electron chi connectivity index (χ0n) is 25.8. The molecule has 3 rings (SSSR count). The Balaban J connectivity index is 0. The maximum atomic E-state index is 3.56. The van der Waals surface area contributed by atoms with E-state index in [1.54, 1.807) is 4.90 Å². The first-order chi connectivity index (χ1) is 15.7. The first-order valence-corrected chi connectivity index (χ1v) is 14.0. The molecular weight excluding hydrogens is 507 g/mol. The van der Waals surface area contributed by atoms with Gasteiger partial charge in [0.2, 0.25) is 0 Å². The summed E-state index contributed by atoms with van der Waals surface area (Å²) in [5.41, 5.74) is 0. The van der Waals surface area contributed by atoms with Gasteiger partial charge in [0.15, 0.2) is 0 Å². The molecule has 3 aliphatic rings. The molecule has 1 radical (unpaired) electrons. The zero-order chi connectivity index (χ0) is 26.4. The van der Waals surface area contributed by atoms with Crippen molar-refractivity contribution in [1.29, 1.82) is 0 Å². The summed E-state index contributed by atoms with van der Waals surface area (Å²) in [4.78, 5) is 11.6. The van der Waals surface area contributed by atoms with Crippen LogP contribution in [0.2, 0.25) is 0 Å². The van der Waals surface area contributed by atoms with Crippen LogP contribution in [0.1, 0.15) is 82.1 Å². The molecule has 3 saturated heterocycles. The third-order valence-corrected chi connectivity index (χ3v) is 7.37. The molecule has 0 N–H and O–H groups in total. The van der Waals surface area contributed by atoms with Crippen LogP contribution in [-0.2, 0) is 32.7 Å². The van der Waals surface area contributed by atoms with Gasteiger partial charge < -0.3 is 33.7 Å². The molecule has 0 saturated carbocycles. The molecule has 209 valence electrons. The first-order valence-electron chi connectivity index (χ1n) is 14.0. The number of likely N-dealkylation sites (tertiary alicyclic amines) is 2. The molecule has 0 amide bonds. The van der Waals surface area contributed by atoms with E-state index in [-0.39, 0.29) is 32.7 Å². The molecule has 3 fully saturated rings. The van der Waals surface area contributed by atoms with E-state index < -0.39 is 0 Å². The van der Waals surface area contributed by atoms with Crippen LogP contribution in [0.15, 0.2) is 0 Å². The summed E-state index contributed by atoms with van der Waals surface area (Å²) in [5, 5.41) is 0. The molecule has 0 unspecified atom stereocenters. The number of nitrogens with zero attached hydrogens (tertiary/aromatic N) is 5. The van der Waals surface area contributed by atoms with E-state index in [4.69, 9.17) is 0 Å². The van der Waals surface area contributed by atoms with Gasteiger partial charge in [-0.1, -0.05) is 27.7 Å². The van der Waals surface area contributed by atoms with Gasteiger partial charge in [0.25, 0.3) is 0 Å². The van der Waals surface area contributed by atoms with Crippen LogP contribution in [-0.4, -0.2) is 108 Å². The van der Waals surface area contributed by atoms with Crippen LogP contribution < -0.4 is 0 Å². The number of piperidine rings is 1. The summed E-state index contributed by atoms with van der Waals surface area (Å²) in [5.74, 6) is 1.92. The van der Waals surface area contributed by atoms with Gasteiger partial charge in [-0.25, -0.2) is 0 Å². The fourth-order valence-corrected chi connectivity index (χ4v) is 4.05. The van der Waals surface area contributed by atoms with Crippen molar-refractivity contribution in [3.63, 3.8) is 0 Å². The Morgan fingerprint density at radius 2 is 0.943 bits per heavy atom. The van der Waals surface area contributed by atoms with E-state index in [0.29, 0.717) is 6.04 Å². The number of hydrogen-bond acceptors (Lipinski definition) is 5. The zero-order valence-corrected chi connectivity index (χ0v) is 28.6. The predicted molar refractivity (Wildman–Crippen MR) is 153 cm³/mol. The van der Waals surface area contributed by atoms with E-state index in [1.165, 1.54) is 65.2 Å². The normalized spacial score (nSPS) is 21.1. The van der Waals surface area contributed by atoms with Crippen LogP contribution in [0.3, 0.4) is 0 Å². The molecule has 0 atom stereocenters. The van der Waals surface area contributed by atoms with Crippen LogP contribution in [0.25, 0.3) is 0 Å². The topological polar surface area (TPSA) is 16.2 Å². The van der Waals surface area contributed by atoms with Gasteiger partial charge in [0.1, 0.15) is 0 Å². The molecule has 0 aromatic heterocycles. The summed E-state index contributed by atoms with van der Waals surface area (Å²) in [6.07, 6.45) is 2.80. The van der Waals surface area contributed by atoms with Crippen molar-refractivity contribution in [2.24, 2.45) is 11.8 Å². The molecule has 6 heteroatoms. The maximum Gasteiger partial charge on any atom is 0.0112 e. The Labute approximate surface area is 247 Å². The minimum absolute atomic E-state index is 0. The molecule has 0 bridgehead atoms. The van der Waals surface area contributed by atoms with Crippen molar-refractivity contribution in [2.75, 3.05) is 59.4 Å². The van der Waals surface area contributed by atoms with Crippen molar-refractivity contribution >= 4 is 0 Å². The number of piperazine rings is 1. The minimum atomic E-state index is 0. The second-order valence-electron chi connectivity index (χ2n) is 12.1. The maximum absolute atomic E-state index is 3.56. The van der Waals surface area contributed by atoms with Gasteiger partial charge in [0.05, 0.1) is 0 Å². The SMILES string of the molecule is CC(C)N1CCN(C)CC1.CC1CCN(C(C)C)CC1.CC1CN(C(C)C)C1.[CH2-]N([CH2-])C(C)C.[Y]. The quantitative estimate of drug-likeness (QED) is 0.420. The van der Waals surface area contributed by atoms with Gasteiger partial charge in [-0.2, -0.15) is 0 Å². The predicted octanol–water partition coefficient (Wildman–Crippen LogP) is 5.39. The standard InChI is InChI=1S/C9H19N.C8H18N2.C7H15N.C5H11N.Y/c2*1-8(2)10-6-4-9(3)5-7-10;1-6(2)8-4-7(3)5-8;1-5(2)6(3)4;/h8-9H,4-7H2,1-3H3;8H,4-7H2,1-3H3;6-7H,4-5H2,1-3H3;5H,3-4H2,1-2H3;/q;;;-2;. The van der Waals surface area contributed by atoms with E-state index in [1.807, 2.05) is 13.8 Å². The monoisotopic (exact) mass is 570 g/mol. The second kappa shape index (κ2) is 20.8. The van der Waals surface area contributed by atoms with Crippen molar-refractivity contribution in [3.8, 4) is 0 Å². The second-order valence-corrected chi connectivity index (χ2v) is 12.1. The van der Waals surface area contributed by atoms with Gasteiger partial charge in [-0.15, -0.1) is 0 Å². The van der Waals surface area contributed by atoms with Crippen molar-refractivity contribution < 1.29 is 32.7 Å². The number of rotatable bonds is 4.